The lowest BCUT2D eigenvalue weighted by Crippen LogP contribution is -2.40. The second-order valence-electron chi connectivity index (χ2n) is 6.45. The molecule has 28 heavy (non-hydrogen) atoms. The lowest BCUT2D eigenvalue weighted by molar-refractivity contribution is 0.0730. The highest BCUT2D eigenvalue weighted by Gasteiger charge is 2.28. The summed E-state index contributed by atoms with van der Waals surface area (Å²) in [7, 11) is -2.30. The van der Waals surface area contributed by atoms with Gasteiger partial charge in [-0.15, -0.1) is 0 Å². The van der Waals surface area contributed by atoms with E-state index in [0.717, 1.165) is 17.7 Å². The molecule has 0 unspecified atom stereocenters. The third-order valence-electron chi connectivity index (χ3n) is 4.46. The molecular weight excluding hydrogens is 407 g/mol. The van der Waals surface area contributed by atoms with Crippen molar-refractivity contribution < 1.29 is 22.3 Å². The quantitative estimate of drug-likeness (QED) is 0.737. The molecule has 0 radical (unpaired) electrons. The first-order valence-corrected chi connectivity index (χ1v) is 10.5. The Balaban J connectivity index is 1.84. The van der Waals surface area contributed by atoms with E-state index in [9.17, 15) is 17.6 Å². The van der Waals surface area contributed by atoms with Crippen LogP contribution in [-0.4, -0.2) is 56.9 Å². The van der Waals surface area contributed by atoms with E-state index in [1.807, 2.05) is 0 Å². The van der Waals surface area contributed by atoms with E-state index < -0.39 is 21.7 Å². The van der Waals surface area contributed by atoms with Crippen LogP contribution >= 0.6 is 11.6 Å². The number of sulfonamides is 1. The Hall–Kier alpha value is -2.00. The predicted molar refractivity (Wildman–Crippen MR) is 103 cm³/mol. The van der Waals surface area contributed by atoms with E-state index in [1.165, 1.54) is 22.3 Å². The highest BCUT2D eigenvalue weighted by atomic mass is 35.5. The molecule has 1 heterocycles. The van der Waals surface area contributed by atoms with Gasteiger partial charge in [0, 0.05) is 31.7 Å². The number of carbonyl (C=O) groups is 1. The van der Waals surface area contributed by atoms with Gasteiger partial charge in [-0.25, -0.2) is 12.8 Å². The summed E-state index contributed by atoms with van der Waals surface area (Å²) in [4.78, 5) is 13.9. The van der Waals surface area contributed by atoms with Crippen molar-refractivity contribution in [3.63, 3.8) is 0 Å². The van der Waals surface area contributed by atoms with Crippen LogP contribution in [-0.2, 0) is 21.3 Å². The van der Waals surface area contributed by atoms with E-state index in [1.54, 1.807) is 24.3 Å². The standard InChI is InChI=1S/C19H20ClFN2O4S/c1-22(13-14-2-4-15(20)5-3-14)19(24)17-12-16(6-7-18(17)21)28(25,26)23-8-10-27-11-9-23/h2-7,12H,8-11,13H2,1H3. The Kier molecular flexibility index (Phi) is 6.34. The topological polar surface area (TPSA) is 66.9 Å². The number of morpholine rings is 1. The third kappa shape index (κ3) is 4.52. The number of amides is 1. The van der Waals surface area contributed by atoms with Gasteiger partial charge < -0.3 is 9.64 Å². The minimum atomic E-state index is -3.82. The van der Waals surface area contributed by atoms with Gasteiger partial charge in [-0.3, -0.25) is 4.79 Å². The third-order valence-corrected chi connectivity index (χ3v) is 6.60. The van der Waals surface area contributed by atoms with E-state index >= 15 is 0 Å². The number of carbonyl (C=O) groups excluding carboxylic acids is 1. The van der Waals surface area contributed by atoms with Crippen molar-refractivity contribution in [3.8, 4) is 0 Å². The maximum atomic E-state index is 14.3. The molecule has 0 N–H and O–H groups in total. The number of halogens is 2. The Morgan fingerprint density at radius 3 is 2.46 bits per heavy atom. The molecule has 6 nitrogen and oxygen atoms in total. The average Bonchev–Trinajstić information content (AvgIpc) is 2.70. The Bertz CT molecular complexity index is 960. The van der Waals surface area contributed by atoms with Crippen molar-refractivity contribution in [2.45, 2.75) is 11.4 Å². The molecule has 1 saturated heterocycles. The second-order valence-corrected chi connectivity index (χ2v) is 8.82. The maximum absolute atomic E-state index is 14.3. The van der Waals surface area contributed by atoms with Gasteiger partial charge in [0.25, 0.3) is 5.91 Å². The van der Waals surface area contributed by atoms with Gasteiger partial charge >= 0.3 is 0 Å². The van der Waals surface area contributed by atoms with Crippen LogP contribution < -0.4 is 0 Å². The van der Waals surface area contributed by atoms with Crippen molar-refractivity contribution in [3.05, 3.63) is 64.4 Å². The minimum absolute atomic E-state index is 0.112. The van der Waals surface area contributed by atoms with Crippen LogP contribution in [0.2, 0.25) is 5.02 Å². The highest BCUT2D eigenvalue weighted by molar-refractivity contribution is 7.89. The molecular formula is C19H20ClFN2O4S. The zero-order valence-electron chi connectivity index (χ0n) is 15.3. The number of ether oxygens (including phenoxy) is 1. The van der Waals surface area contributed by atoms with E-state index in [4.69, 9.17) is 16.3 Å². The fraction of sp³-hybridized carbons (Fsp3) is 0.316. The van der Waals surface area contributed by atoms with Crippen LogP contribution in [0.3, 0.4) is 0 Å². The van der Waals surface area contributed by atoms with Crippen LogP contribution in [0, 0.1) is 5.82 Å². The van der Waals surface area contributed by atoms with Crippen LogP contribution in [0.5, 0.6) is 0 Å². The fourth-order valence-electron chi connectivity index (χ4n) is 2.91. The first-order valence-electron chi connectivity index (χ1n) is 8.66. The molecule has 2 aromatic rings. The number of benzene rings is 2. The van der Waals surface area contributed by atoms with Gasteiger partial charge in [0.2, 0.25) is 10.0 Å². The van der Waals surface area contributed by atoms with Gasteiger partial charge in [-0.1, -0.05) is 23.7 Å². The van der Waals surface area contributed by atoms with Crippen molar-refractivity contribution in [1.29, 1.82) is 0 Å². The van der Waals surface area contributed by atoms with Crippen molar-refractivity contribution in [2.24, 2.45) is 0 Å². The molecule has 0 aliphatic carbocycles. The largest absolute Gasteiger partial charge is 0.379 e. The van der Waals surface area contributed by atoms with Crippen LogP contribution in [0.1, 0.15) is 15.9 Å². The maximum Gasteiger partial charge on any atom is 0.256 e. The summed E-state index contributed by atoms with van der Waals surface area (Å²) >= 11 is 5.85. The second kappa shape index (κ2) is 8.57. The zero-order valence-corrected chi connectivity index (χ0v) is 16.8. The highest BCUT2D eigenvalue weighted by Crippen LogP contribution is 2.22. The Morgan fingerprint density at radius 2 is 1.82 bits per heavy atom. The molecule has 1 aliphatic rings. The minimum Gasteiger partial charge on any atom is -0.379 e. The lowest BCUT2D eigenvalue weighted by atomic mass is 10.1. The number of hydrogen-bond donors (Lipinski definition) is 0. The molecule has 1 fully saturated rings. The van der Waals surface area contributed by atoms with Crippen molar-refractivity contribution in [2.75, 3.05) is 33.4 Å². The van der Waals surface area contributed by atoms with Gasteiger partial charge in [-0.2, -0.15) is 4.31 Å². The van der Waals surface area contributed by atoms with Gasteiger partial charge in [0.15, 0.2) is 0 Å². The fourth-order valence-corrected chi connectivity index (χ4v) is 4.47. The molecule has 0 atom stereocenters. The normalized spacial score (nSPS) is 15.4. The summed E-state index contributed by atoms with van der Waals surface area (Å²) in [5.41, 5.74) is 0.531. The molecule has 0 aromatic heterocycles. The Morgan fingerprint density at radius 1 is 1.18 bits per heavy atom. The summed E-state index contributed by atoms with van der Waals surface area (Å²) in [5, 5.41) is 0.574. The molecule has 1 amide bonds. The van der Waals surface area contributed by atoms with Crippen LogP contribution in [0.15, 0.2) is 47.4 Å². The molecule has 0 saturated carbocycles. The van der Waals surface area contributed by atoms with E-state index in [2.05, 4.69) is 0 Å². The molecule has 2 aromatic carbocycles. The molecule has 9 heteroatoms. The first kappa shape index (κ1) is 20.7. The monoisotopic (exact) mass is 426 g/mol. The van der Waals surface area contributed by atoms with Crippen molar-refractivity contribution in [1.82, 2.24) is 9.21 Å². The summed E-state index contributed by atoms with van der Waals surface area (Å²) in [6, 6.07) is 10.2. The number of nitrogens with zero attached hydrogens (tertiary/aromatic N) is 2. The summed E-state index contributed by atoms with van der Waals surface area (Å²) in [6.45, 7) is 1.28. The number of rotatable bonds is 5. The van der Waals surface area contributed by atoms with Crippen molar-refractivity contribution >= 4 is 27.5 Å². The zero-order chi connectivity index (χ0) is 20.3. The molecule has 0 bridgehead atoms. The van der Waals surface area contributed by atoms with Gasteiger partial charge in [0.05, 0.1) is 23.7 Å². The lowest BCUT2D eigenvalue weighted by Gasteiger charge is -2.26. The van der Waals surface area contributed by atoms with Crippen LogP contribution in [0.25, 0.3) is 0 Å². The molecule has 1 aliphatic heterocycles. The van der Waals surface area contributed by atoms with E-state index in [0.29, 0.717) is 18.2 Å². The smallest absolute Gasteiger partial charge is 0.256 e. The summed E-state index contributed by atoms with van der Waals surface area (Å²) in [6.07, 6.45) is 0. The summed E-state index contributed by atoms with van der Waals surface area (Å²) in [5.74, 6) is -1.37. The summed E-state index contributed by atoms with van der Waals surface area (Å²) < 4.78 is 46.3. The number of hydrogen-bond acceptors (Lipinski definition) is 4. The molecule has 3 rings (SSSR count). The molecule has 150 valence electrons. The Labute approximate surface area is 168 Å². The van der Waals surface area contributed by atoms with Gasteiger partial charge in [0.1, 0.15) is 5.82 Å². The van der Waals surface area contributed by atoms with Crippen LogP contribution in [0.4, 0.5) is 4.39 Å². The van der Waals surface area contributed by atoms with Gasteiger partial charge in [-0.05, 0) is 35.9 Å². The van der Waals surface area contributed by atoms with E-state index in [-0.39, 0.29) is 30.1 Å². The predicted octanol–water partition coefficient (Wildman–Crippen LogP) is 2.77. The SMILES string of the molecule is CN(Cc1ccc(Cl)cc1)C(=O)c1cc(S(=O)(=O)N2CCOCC2)ccc1F. The average molecular weight is 427 g/mol. The molecule has 0 spiro atoms. The first-order chi connectivity index (χ1) is 13.3.